The maximum atomic E-state index is 9.48. The first-order valence-corrected chi connectivity index (χ1v) is 5.02. The Kier molecular flexibility index (Phi) is 3.40. The largest absolute Gasteiger partial charge is 0.394 e. The van der Waals surface area contributed by atoms with E-state index in [1.54, 1.807) is 13.8 Å². The van der Waals surface area contributed by atoms with Gasteiger partial charge in [0.05, 0.1) is 19.3 Å². The molecule has 0 spiro atoms. The third kappa shape index (κ3) is 3.31. The molecule has 1 unspecified atom stereocenters. The van der Waals surface area contributed by atoms with Crippen molar-refractivity contribution in [1.29, 1.82) is 0 Å². The van der Waals surface area contributed by atoms with Crippen molar-refractivity contribution in [1.82, 2.24) is 0 Å². The Morgan fingerprint density at radius 3 is 2.67 bits per heavy atom. The van der Waals surface area contributed by atoms with Gasteiger partial charge in [-0.05, 0) is 20.3 Å². The molecule has 3 nitrogen and oxygen atoms in total. The maximum Gasteiger partial charge on any atom is 0.105 e. The lowest BCUT2D eigenvalue weighted by Gasteiger charge is -2.20. The second-order valence-corrected chi connectivity index (χ2v) is 5.46. The van der Waals surface area contributed by atoms with E-state index in [-0.39, 0.29) is 12.7 Å². The molecule has 0 amide bonds. The van der Waals surface area contributed by atoms with Crippen LogP contribution in [0.5, 0.6) is 0 Å². The topological polar surface area (TPSA) is 49.7 Å². The zero-order chi connectivity index (χ0) is 9.19. The number of hydrogen-bond donors (Lipinski definition) is 2. The van der Waals surface area contributed by atoms with Crippen molar-refractivity contribution in [2.24, 2.45) is 0 Å². The molecule has 0 aromatic carbocycles. The molecule has 1 aliphatic heterocycles. The Labute approximate surface area is 77.1 Å². The minimum absolute atomic E-state index is 0.0233. The molecule has 1 rings (SSSR count). The van der Waals surface area contributed by atoms with Crippen molar-refractivity contribution in [3.8, 4) is 0 Å². The van der Waals surface area contributed by atoms with E-state index in [9.17, 15) is 5.11 Å². The van der Waals surface area contributed by atoms with Crippen molar-refractivity contribution in [2.45, 2.75) is 36.6 Å². The summed E-state index contributed by atoms with van der Waals surface area (Å²) >= 11 is 1.50. The highest BCUT2D eigenvalue weighted by molar-refractivity contribution is 8.01. The van der Waals surface area contributed by atoms with Crippen molar-refractivity contribution in [2.75, 3.05) is 13.2 Å². The first kappa shape index (κ1) is 10.3. The fourth-order valence-electron chi connectivity index (χ4n) is 1.29. The van der Waals surface area contributed by atoms with Gasteiger partial charge in [0.15, 0.2) is 0 Å². The van der Waals surface area contributed by atoms with Gasteiger partial charge >= 0.3 is 0 Å². The Bertz CT molecular complexity index is 144. The summed E-state index contributed by atoms with van der Waals surface area (Å²) in [6.45, 7) is 4.26. The molecule has 1 fully saturated rings. The summed E-state index contributed by atoms with van der Waals surface area (Å²) in [5, 5.41) is 18.6. The van der Waals surface area contributed by atoms with Gasteiger partial charge in [-0.25, -0.2) is 0 Å². The minimum atomic E-state index is -0.696. The van der Waals surface area contributed by atoms with Gasteiger partial charge in [-0.3, -0.25) is 0 Å². The monoisotopic (exact) mass is 192 g/mol. The van der Waals surface area contributed by atoms with Crippen LogP contribution in [0.3, 0.4) is 0 Å². The van der Waals surface area contributed by atoms with Crippen LogP contribution < -0.4 is 0 Å². The minimum Gasteiger partial charge on any atom is -0.394 e. The molecule has 72 valence electrons. The molecule has 0 saturated carbocycles. The van der Waals surface area contributed by atoms with Crippen LogP contribution in [0, 0.1) is 0 Å². The van der Waals surface area contributed by atoms with Crippen LogP contribution in [0.4, 0.5) is 0 Å². The van der Waals surface area contributed by atoms with Gasteiger partial charge in [-0.1, -0.05) is 0 Å². The molecule has 1 saturated heterocycles. The van der Waals surface area contributed by atoms with Gasteiger partial charge in [0.2, 0.25) is 0 Å². The maximum absolute atomic E-state index is 9.48. The molecular formula is C8H16O3S. The van der Waals surface area contributed by atoms with Crippen molar-refractivity contribution in [3.63, 3.8) is 0 Å². The molecule has 0 bridgehead atoms. The van der Waals surface area contributed by atoms with E-state index in [0.29, 0.717) is 11.9 Å². The second kappa shape index (κ2) is 3.96. The fraction of sp³-hybridized carbons (Fsp3) is 1.00. The number of hydrogen-bond acceptors (Lipinski definition) is 4. The third-order valence-corrected chi connectivity index (χ3v) is 2.94. The predicted octanol–water partition coefficient (Wildman–Crippen LogP) is 0.598. The van der Waals surface area contributed by atoms with Crippen LogP contribution in [-0.2, 0) is 4.74 Å². The zero-order valence-electron chi connectivity index (χ0n) is 7.49. The average molecular weight is 192 g/mol. The molecule has 4 heteroatoms. The highest BCUT2D eigenvalue weighted by Crippen LogP contribution is 2.32. The van der Waals surface area contributed by atoms with E-state index < -0.39 is 4.93 Å². The Balaban J connectivity index is 2.28. The summed E-state index contributed by atoms with van der Waals surface area (Å²) in [6, 6.07) is 0. The molecular weight excluding hydrogens is 176 g/mol. The predicted molar refractivity (Wildman–Crippen MR) is 49.1 cm³/mol. The molecule has 1 aliphatic rings. The molecule has 2 N–H and O–H groups in total. The number of thioether (sulfide) groups is 1. The van der Waals surface area contributed by atoms with Gasteiger partial charge in [-0.2, -0.15) is 0 Å². The van der Waals surface area contributed by atoms with E-state index in [2.05, 4.69) is 0 Å². The van der Waals surface area contributed by atoms with Crippen LogP contribution in [0.15, 0.2) is 0 Å². The van der Waals surface area contributed by atoms with Crippen LogP contribution in [0.2, 0.25) is 0 Å². The second-order valence-electron chi connectivity index (χ2n) is 3.56. The standard InChI is InChI=1S/C8H16O3S/c1-8(2,10)12-7-3-6(4-9)11-5-7/h6-7,9-10H,3-5H2,1-2H3/t6-,7?/m1/s1. The van der Waals surface area contributed by atoms with Crippen molar-refractivity contribution < 1.29 is 14.9 Å². The number of aliphatic hydroxyl groups is 2. The zero-order valence-corrected chi connectivity index (χ0v) is 8.30. The van der Waals surface area contributed by atoms with E-state index in [0.717, 1.165) is 6.42 Å². The first-order chi connectivity index (χ1) is 5.51. The Hall–Kier alpha value is 0.230. The molecule has 12 heavy (non-hydrogen) atoms. The highest BCUT2D eigenvalue weighted by Gasteiger charge is 2.29. The first-order valence-electron chi connectivity index (χ1n) is 4.14. The fourth-order valence-corrected chi connectivity index (χ4v) is 2.56. The van der Waals surface area contributed by atoms with Crippen LogP contribution in [0.1, 0.15) is 20.3 Å². The van der Waals surface area contributed by atoms with E-state index in [1.165, 1.54) is 11.8 Å². The Morgan fingerprint density at radius 2 is 2.25 bits per heavy atom. The Morgan fingerprint density at radius 1 is 1.58 bits per heavy atom. The average Bonchev–Trinajstić information content (AvgIpc) is 2.32. The van der Waals surface area contributed by atoms with Gasteiger partial charge in [0.25, 0.3) is 0 Å². The normalized spacial score (nSPS) is 31.0. The summed E-state index contributed by atoms with van der Waals surface area (Å²) in [6.07, 6.45) is 0.815. The summed E-state index contributed by atoms with van der Waals surface area (Å²) < 4.78 is 5.28. The molecule has 0 aliphatic carbocycles. The van der Waals surface area contributed by atoms with Gasteiger partial charge < -0.3 is 14.9 Å². The quantitative estimate of drug-likeness (QED) is 0.643. The smallest absolute Gasteiger partial charge is 0.105 e. The molecule has 0 aromatic heterocycles. The van der Waals surface area contributed by atoms with Gasteiger partial charge in [0.1, 0.15) is 4.93 Å². The number of aliphatic hydroxyl groups excluding tert-OH is 1. The lowest BCUT2D eigenvalue weighted by atomic mass is 10.2. The number of rotatable bonds is 3. The molecule has 0 radical (unpaired) electrons. The van der Waals surface area contributed by atoms with Crippen LogP contribution >= 0.6 is 11.8 Å². The van der Waals surface area contributed by atoms with Crippen LogP contribution in [0.25, 0.3) is 0 Å². The number of ether oxygens (including phenoxy) is 1. The summed E-state index contributed by atoms with van der Waals surface area (Å²) in [5.41, 5.74) is 0. The van der Waals surface area contributed by atoms with Crippen molar-refractivity contribution in [3.05, 3.63) is 0 Å². The highest BCUT2D eigenvalue weighted by atomic mass is 32.2. The van der Waals surface area contributed by atoms with Crippen molar-refractivity contribution >= 4 is 11.8 Å². The van der Waals surface area contributed by atoms with Gasteiger partial charge in [-0.15, -0.1) is 11.8 Å². The third-order valence-electron chi connectivity index (χ3n) is 1.70. The summed E-state index contributed by atoms with van der Waals surface area (Å²) in [4.78, 5) is -0.696. The van der Waals surface area contributed by atoms with E-state index in [4.69, 9.17) is 9.84 Å². The lowest BCUT2D eigenvalue weighted by molar-refractivity contribution is 0.0592. The van der Waals surface area contributed by atoms with Crippen LogP contribution in [-0.4, -0.2) is 39.7 Å². The molecule has 0 aromatic rings. The summed E-state index contributed by atoms with van der Waals surface area (Å²) in [7, 11) is 0. The van der Waals surface area contributed by atoms with Gasteiger partial charge in [0, 0.05) is 5.25 Å². The SMILES string of the molecule is CC(C)(O)SC1CO[C@@H](CO)C1. The lowest BCUT2D eigenvalue weighted by Crippen LogP contribution is -2.19. The summed E-state index contributed by atoms with van der Waals surface area (Å²) in [5.74, 6) is 0. The van der Waals surface area contributed by atoms with E-state index >= 15 is 0 Å². The van der Waals surface area contributed by atoms with E-state index in [1.807, 2.05) is 0 Å². The molecule has 1 heterocycles. The molecule has 2 atom stereocenters.